The summed E-state index contributed by atoms with van der Waals surface area (Å²) in [6, 6.07) is 2.26. The van der Waals surface area contributed by atoms with Gasteiger partial charge in [-0.1, -0.05) is 20.8 Å². The highest BCUT2D eigenvalue weighted by Crippen LogP contribution is 2.41. The number of fused-ring (bicyclic) bond motifs is 1. The molecule has 0 atom stereocenters. The van der Waals surface area contributed by atoms with Crippen LogP contribution in [0.15, 0.2) is 23.3 Å². The van der Waals surface area contributed by atoms with Crippen LogP contribution in [-0.4, -0.2) is 14.5 Å². The maximum absolute atomic E-state index is 12.2. The fraction of sp³-hybridized carbons (Fsp3) is 0.625. The number of imidazole rings is 1. The molecular formula is C16H23N3O. The van der Waals surface area contributed by atoms with E-state index in [1.807, 2.05) is 10.6 Å². The normalized spacial score (nSPS) is 24.1. The molecule has 2 aromatic heterocycles. The molecule has 2 aromatic rings. The van der Waals surface area contributed by atoms with Crippen molar-refractivity contribution >= 4 is 11.0 Å². The first kappa shape index (κ1) is 13.4. The van der Waals surface area contributed by atoms with E-state index in [1.54, 1.807) is 12.4 Å². The zero-order chi connectivity index (χ0) is 14.3. The molecule has 108 valence electrons. The van der Waals surface area contributed by atoms with Crippen LogP contribution in [0.5, 0.6) is 0 Å². The summed E-state index contributed by atoms with van der Waals surface area (Å²) in [7, 11) is 0. The van der Waals surface area contributed by atoms with Gasteiger partial charge in [-0.3, -0.25) is 9.55 Å². The van der Waals surface area contributed by atoms with Crippen LogP contribution in [0.1, 0.15) is 52.5 Å². The molecule has 0 amide bonds. The average molecular weight is 273 g/mol. The second-order valence-corrected chi connectivity index (χ2v) is 7.06. The molecule has 20 heavy (non-hydrogen) atoms. The predicted octanol–water partition coefficient (Wildman–Crippen LogP) is 3.50. The van der Waals surface area contributed by atoms with Gasteiger partial charge in [0.2, 0.25) is 0 Å². The van der Waals surface area contributed by atoms with E-state index in [-0.39, 0.29) is 5.69 Å². The van der Waals surface area contributed by atoms with Crippen LogP contribution in [0.2, 0.25) is 0 Å². The topological polar surface area (TPSA) is 50.7 Å². The number of H-pyrrole nitrogens is 1. The Kier molecular flexibility index (Phi) is 3.19. The molecule has 1 saturated carbocycles. The SMILES string of the molecule is CC(C)(C)C1CCC(n2c(=O)[nH]c3cnccc32)CC1. The second kappa shape index (κ2) is 4.76. The summed E-state index contributed by atoms with van der Waals surface area (Å²) in [6.45, 7) is 6.96. The van der Waals surface area contributed by atoms with Crippen LogP contribution >= 0.6 is 0 Å². The van der Waals surface area contributed by atoms with E-state index in [1.165, 1.54) is 12.8 Å². The van der Waals surface area contributed by atoms with E-state index in [9.17, 15) is 4.79 Å². The Morgan fingerprint density at radius 3 is 2.60 bits per heavy atom. The molecule has 0 aromatic carbocycles. The lowest BCUT2D eigenvalue weighted by Crippen LogP contribution is -2.30. The molecule has 2 heterocycles. The molecule has 4 heteroatoms. The van der Waals surface area contributed by atoms with E-state index >= 15 is 0 Å². The van der Waals surface area contributed by atoms with Crippen molar-refractivity contribution in [2.75, 3.05) is 0 Å². The molecule has 0 bridgehead atoms. The molecule has 1 fully saturated rings. The first-order valence-corrected chi connectivity index (χ1v) is 7.51. The lowest BCUT2D eigenvalue weighted by Gasteiger charge is -2.37. The number of nitrogens with one attached hydrogen (secondary N) is 1. The Balaban J connectivity index is 1.87. The molecule has 1 aliphatic rings. The van der Waals surface area contributed by atoms with Crippen molar-refractivity contribution in [2.24, 2.45) is 11.3 Å². The molecular weight excluding hydrogens is 250 g/mol. The monoisotopic (exact) mass is 273 g/mol. The number of pyridine rings is 1. The van der Waals surface area contributed by atoms with Gasteiger partial charge in [-0.05, 0) is 43.1 Å². The van der Waals surface area contributed by atoms with Gasteiger partial charge in [0, 0.05) is 12.2 Å². The Labute approximate surface area is 119 Å². The van der Waals surface area contributed by atoms with Crippen LogP contribution < -0.4 is 5.69 Å². The maximum atomic E-state index is 12.2. The maximum Gasteiger partial charge on any atom is 0.326 e. The van der Waals surface area contributed by atoms with Crippen molar-refractivity contribution in [3.63, 3.8) is 0 Å². The first-order chi connectivity index (χ1) is 9.47. The van der Waals surface area contributed by atoms with Gasteiger partial charge in [-0.25, -0.2) is 4.79 Å². The van der Waals surface area contributed by atoms with E-state index in [4.69, 9.17) is 0 Å². The summed E-state index contributed by atoms with van der Waals surface area (Å²) in [5.41, 5.74) is 2.21. The number of nitrogens with zero attached hydrogens (tertiary/aromatic N) is 2. The van der Waals surface area contributed by atoms with E-state index in [0.717, 1.165) is 29.8 Å². The van der Waals surface area contributed by atoms with Gasteiger partial charge < -0.3 is 4.98 Å². The summed E-state index contributed by atoms with van der Waals surface area (Å²) in [6.07, 6.45) is 8.09. The summed E-state index contributed by atoms with van der Waals surface area (Å²) in [5.74, 6) is 0.765. The van der Waals surface area contributed by atoms with E-state index in [2.05, 4.69) is 30.7 Å². The van der Waals surface area contributed by atoms with Crippen LogP contribution in [0, 0.1) is 11.3 Å². The molecule has 4 nitrogen and oxygen atoms in total. The van der Waals surface area contributed by atoms with Crippen molar-refractivity contribution in [1.29, 1.82) is 0 Å². The first-order valence-electron chi connectivity index (χ1n) is 7.51. The van der Waals surface area contributed by atoms with Crippen LogP contribution in [0.25, 0.3) is 11.0 Å². The molecule has 0 spiro atoms. The van der Waals surface area contributed by atoms with Gasteiger partial charge >= 0.3 is 5.69 Å². The molecule has 1 N–H and O–H groups in total. The zero-order valence-corrected chi connectivity index (χ0v) is 12.5. The number of rotatable bonds is 1. The third kappa shape index (κ3) is 2.28. The van der Waals surface area contributed by atoms with Crippen molar-refractivity contribution in [2.45, 2.75) is 52.5 Å². The van der Waals surface area contributed by atoms with Gasteiger partial charge in [0.05, 0.1) is 17.2 Å². The zero-order valence-electron chi connectivity index (χ0n) is 12.5. The standard InChI is InChI=1S/C16H23N3O/c1-16(2,3)11-4-6-12(7-5-11)19-14-8-9-17-10-13(14)18-15(19)20/h8-12H,4-7H2,1-3H3,(H,18,20). The van der Waals surface area contributed by atoms with E-state index in [0.29, 0.717) is 11.5 Å². The van der Waals surface area contributed by atoms with Gasteiger partial charge in [-0.2, -0.15) is 0 Å². The summed E-state index contributed by atoms with van der Waals surface area (Å²) in [4.78, 5) is 19.2. The summed E-state index contributed by atoms with van der Waals surface area (Å²) in [5, 5.41) is 0. The lowest BCUT2D eigenvalue weighted by molar-refractivity contribution is 0.152. The third-order valence-corrected chi connectivity index (χ3v) is 4.80. The Hall–Kier alpha value is -1.58. The average Bonchev–Trinajstić information content (AvgIpc) is 2.73. The number of hydrogen-bond donors (Lipinski definition) is 1. The van der Waals surface area contributed by atoms with Crippen molar-refractivity contribution < 1.29 is 0 Å². The van der Waals surface area contributed by atoms with E-state index < -0.39 is 0 Å². The van der Waals surface area contributed by atoms with Crippen molar-refractivity contribution in [1.82, 2.24) is 14.5 Å². The van der Waals surface area contributed by atoms with Gasteiger partial charge in [0.15, 0.2) is 0 Å². The highest BCUT2D eigenvalue weighted by atomic mass is 16.1. The largest absolute Gasteiger partial charge is 0.326 e. The minimum absolute atomic E-state index is 0.00667. The Morgan fingerprint density at radius 2 is 1.95 bits per heavy atom. The van der Waals surface area contributed by atoms with Crippen molar-refractivity contribution in [3.05, 3.63) is 28.9 Å². The Morgan fingerprint density at radius 1 is 1.25 bits per heavy atom. The van der Waals surface area contributed by atoms with Crippen molar-refractivity contribution in [3.8, 4) is 0 Å². The Bertz CT molecular complexity index is 654. The van der Waals surface area contributed by atoms with Gasteiger partial charge in [0.1, 0.15) is 0 Å². The lowest BCUT2D eigenvalue weighted by atomic mass is 9.71. The number of aromatic amines is 1. The highest BCUT2D eigenvalue weighted by Gasteiger charge is 2.31. The predicted molar refractivity (Wildman–Crippen MR) is 80.8 cm³/mol. The number of hydrogen-bond acceptors (Lipinski definition) is 2. The van der Waals surface area contributed by atoms with Gasteiger partial charge in [-0.15, -0.1) is 0 Å². The fourth-order valence-corrected chi connectivity index (χ4v) is 3.54. The molecule has 0 unspecified atom stereocenters. The second-order valence-electron chi connectivity index (χ2n) is 7.06. The third-order valence-electron chi connectivity index (χ3n) is 4.80. The smallest absolute Gasteiger partial charge is 0.304 e. The molecule has 0 saturated heterocycles. The van der Waals surface area contributed by atoms with Crippen LogP contribution in [0.3, 0.4) is 0 Å². The molecule has 3 rings (SSSR count). The summed E-state index contributed by atoms with van der Waals surface area (Å²) < 4.78 is 1.94. The minimum Gasteiger partial charge on any atom is -0.304 e. The van der Waals surface area contributed by atoms with Gasteiger partial charge in [0.25, 0.3) is 0 Å². The molecule has 0 aliphatic heterocycles. The summed E-state index contributed by atoms with van der Waals surface area (Å²) >= 11 is 0. The minimum atomic E-state index is 0.00667. The number of aromatic nitrogens is 3. The highest BCUT2D eigenvalue weighted by molar-refractivity contribution is 5.73. The molecule has 0 radical (unpaired) electrons. The quantitative estimate of drug-likeness (QED) is 0.864. The fourth-order valence-electron chi connectivity index (χ4n) is 3.54. The van der Waals surface area contributed by atoms with Crippen LogP contribution in [0.4, 0.5) is 0 Å². The molecule has 1 aliphatic carbocycles. The van der Waals surface area contributed by atoms with Crippen LogP contribution in [-0.2, 0) is 0 Å².